The number of halogens is 5. The van der Waals surface area contributed by atoms with Crippen molar-refractivity contribution < 1.29 is 31.8 Å². The third kappa shape index (κ3) is 4.54. The second kappa shape index (κ2) is 9.17. The molecule has 1 aromatic heterocycles. The van der Waals surface area contributed by atoms with E-state index in [1.54, 1.807) is 0 Å². The van der Waals surface area contributed by atoms with E-state index in [1.165, 1.54) is 39.2 Å². The van der Waals surface area contributed by atoms with Crippen LogP contribution in [0, 0.1) is 24.5 Å². The Bertz CT molecular complexity index is 1300. The van der Waals surface area contributed by atoms with Gasteiger partial charge in [0, 0.05) is 35.2 Å². The molecule has 3 unspecified atom stereocenters. The molecule has 3 aromatic rings. The number of fused-ring (bicyclic) bond motifs is 1. The Labute approximate surface area is 191 Å². The maximum Gasteiger partial charge on any atom is 0.422 e. The van der Waals surface area contributed by atoms with E-state index in [4.69, 9.17) is 4.74 Å². The standard InChI is InChI=1S/C24H23F5N2O3/c1-12-5-6-16(22(34-4)21(12)26)13(2)14(3)23(33,24(27,28)29)11-30-18-9-15(25)10-19-17(18)7-8-20(32)31-19/h5-11,13-14,33H,1-4H3,(H,31,32). The van der Waals surface area contributed by atoms with Crippen molar-refractivity contribution in [2.24, 2.45) is 10.9 Å². The van der Waals surface area contributed by atoms with Crippen molar-refractivity contribution in [3.8, 4) is 5.75 Å². The number of benzene rings is 2. The van der Waals surface area contributed by atoms with Crippen molar-refractivity contribution >= 4 is 22.8 Å². The molecular weight excluding hydrogens is 459 g/mol. The van der Waals surface area contributed by atoms with Crippen LogP contribution in [-0.2, 0) is 0 Å². The summed E-state index contributed by atoms with van der Waals surface area (Å²) in [5.74, 6) is -4.32. The van der Waals surface area contributed by atoms with Gasteiger partial charge in [0.2, 0.25) is 5.56 Å². The lowest BCUT2D eigenvalue weighted by molar-refractivity contribution is -0.246. The highest BCUT2D eigenvalue weighted by molar-refractivity contribution is 5.92. The zero-order valence-corrected chi connectivity index (χ0v) is 18.8. The van der Waals surface area contributed by atoms with Gasteiger partial charge < -0.3 is 14.8 Å². The van der Waals surface area contributed by atoms with Crippen molar-refractivity contribution in [2.75, 3.05) is 7.11 Å². The summed E-state index contributed by atoms with van der Waals surface area (Å²) in [6.07, 6.45) is -4.86. The van der Waals surface area contributed by atoms with Crippen LogP contribution in [-0.4, -0.2) is 35.2 Å². The van der Waals surface area contributed by atoms with Crippen LogP contribution >= 0.6 is 0 Å². The number of aromatic amines is 1. The van der Waals surface area contributed by atoms with Gasteiger partial charge in [0.1, 0.15) is 5.82 Å². The molecule has 0 saturated heterocycles. The Hall–Kier alpha value is -3.27. The SMILES string of the molecule is COc1c(C(C)C(C)C(O)(C=Nc2cc(F)cc3[nH]c(=O)ccc23)C(F)(F)F)ccc(C)c1F. The molecule has 0 aliphatic heterocycles. The molecule has 0 amide bonds. The third-order valence-corrected chi connectivity index (χ3v) is 6.10. The lowest BCUT2D eigenvalue weighted by Gasteiger charge is -2.36. The summed E-state index contributed by atoms with van der Waals surface area (Å²) in [5, 5.41) is 11.0. The smallest absolute Gasteiger partial charge is 0.422 e. The van der Waals surface area contributed by atoms with Gasteiger partial charge in [0.05, 0.1) is 18.3 Å². The molecule has 0 radical (unpaired) electrons. The van der Waals surface area contributed by atoms with Gasteiger partial charge in [-0.15, -0.1) is 0 Å². The Morgan fingerprint density at radius 1 is 1.12 bits per heavy atom. The van der Waals surface area contributed by atoms with Gasteiger partial charge >= 0.3 is 6.18 Å². The van der Waals surface area contributed by atoms with Crippen LogP contribution in [0.3, 0.4) is 0 Å². The Balaban J connectivity index is 2.10. The van der Waals surface area contributed by atoms with Crippen molar-refractivity contribution in [3.05, 3.63) is 69.5 Å². The second-order valence-electron chi connectivity index (χ2n) is 8.19. The molecule has 0 bridgehead atoms. The predicted octanol–water partition coefficient (Wildman–Crippen LogP) is 5.56. The highest BCUT2D eigenvalue weighted by Gasteiger charge is 2.57. The van der Waals surface area contributed by atoms with E-state index in [0.29, 0.717) is 6.21 Å². The fourth-order valence-corrected chi connectivity index (χ4v) is 3.83. The summed E-state index contributed by atoms with van der Waals surface area (Å²) in [6.45, 7) is 4.05. The zero-order chi connectivity index (χ0) is 25.4. The lowest BCUT2D eigenvalue weighted by atomic mass is 9.76. The average molecular weight is 482 g/mol. The normalized spacial score (nSPS) is 15.9. The number of aliphatic hydroxyl groups is 1. The van der Waals surface area contributed by atoms with Crippen molar-refractivity contribution in [3.63, 3.8) is 0 Å². The number of ether oxygens (including phenoxy) is 1. The topological polar surface area (TPSA) is 74.7 Å². The zero-order valence-electron chi connectivity index (χ0n) is 18.8. The minimum Gasteiger partial charge on any atom is -0.493 e. The van der Waals surface area contributed by atoms with E-state index >= 15 is 0 Å². The van der Waals surface area contributed by atoms with Crippen LogP contribution in [0.25, 0.3) is 10.9 Å². The number of methoxy groups -OCH3 is 1. The third-order valence-electron chi connectivity index (χ3n) is 6.10. The second-order valence-corrected chi connectivity index (χ2v) is 8.19. The molecule has 0 aliphatic carbocycles. The van der Waals surface area contributed by atoms with Crippen molar-refractivity contribution in [2.45, 2.75) is 38.5 Å². The highest BCUT2D eigenvalue weighted by atomic mass is 19.4. The molecule has 1 heterocycles. The number of pyridine rings is 1. The fraction of sp³-hybridized carbons (Fsp3) is 0.333. The molecule has 5 nitrogen and oxygen atoms in total. The van der Waals surface area contributed by atoms with E-state index in [9.17, 15) is 31.9 Å². The Kier molecular flexibility index (Phi) is 6.84. The average Bonchev–Trinajstić information content (AvgIpc) is 2.76. The van der Waals surface area contributed by atoms with Crippen LogP contribution in [0.5, 0.6) is 5.75 Å². The largest absolute Gasteiger partial charge is 0.493 e. The van der Waals surface area contributed by atoms with Gasteiger partial charge in [-0.3, -0.25) is 9.79 Å². The van der Waals surface area contributed by atoms with E-state index in [-0.39, 0.29) is 33.5 Å². The van der Waals surface area contributed by atoms with Crippen LogP contribution in [0.15, 0.2) is 46.2 Å². The fourth-order valence-electron chi connectivity index (χ4n) is 3.83. The van der Waals surface area contributed by atoms with Crippen LogP contribution in [0.1, 0.15) is 30.9 Å². The molecule has 0 fully saturated rings. The number of alkyl halides is 3. The molecule has 3 atom stereocenters. The molecule has 0 spiro atoms. The summed E-state index contributed by atoms with van der Waals surface area (Å²) in [5.41, 5.74) is -3.77. The Morgan fingerprint density at radius 2 is 1.79 bits per heavy atom. The number of rotatable bonds is 6. The molecule has 2 aromatic carbocycles. The monoisotopic (exact) mass is 482 g/mol. The van der Waals surface area contributed by atoms with Gasteiger partial charge in [-0.1, -0.05) is 26.0 Å². The quantitative estimate of drug-likeness (QED) is 0.357. The van der Waals surface area contributed by atoms with E-state index < -0.39 is 40.8 Å². The molecule has 0 aliphatic rings. The highest BCUT2D eigenvalue weighted by Crippen LogP contribution is 2.44. The first-order valence-corrected chi connectivity index (χ1v) is 10.3. The van der Waals surface area contributed by atoms with E-state index in [2.05, 4.69) is 9.98 Å². The number of nitrogens with one attached hydrogen (secondary N) is 1. The summed E-state index contributed by atoms with van der Waals surface area (Å²) in [6, 6.07) is 7.17. The molecular formula is C24H23F5N2O3. The molecule has 2 N–H and O–H groups in total. The number of hydrogen-bond acceptors (Lipinski definition) is 4. The first kappa shape index (κ1) is 25.4. The first-order valence-electron chi connectivity index (χ1n) is 10.3. The van der Waals surface area contributed by atoms with E-state index in [0.717, 1.165) is 25.1 Å². The molecule has 0 saturated carbocycles. The number of H-pyrrole nitrogens is 1. The van der Waals surface area contributed by atoms with E-state index in [1.807, 2.05) is 0 Å². The molecule has 34 heavy (non-hydrogen) atoms. The molecule has 10 heteroatoms. The number of aryl methyl sites for hydroxylation is 1. The minimum absolute atomic E-state index is 0.0384. The molecule has 3 rings (SSSR count). The summed E-state index contributed by atoms with van der Waals surface area (Å²) < 4.78 is 76.0. The van der Waals surface area contributed by atoms with Gasteiger partial charge in [-0.25, -0.2) is 8.78 Å². The van der Waals surface area contributed by atoms with Gasteiger partial charge in [-0.2, -0.15) is 13.2 Å². The predicted molar refractivity (Wildman–Crippen MR) is 119 cm³/mol. The minimum atomic E-state index is -5.17. The number of nitrogens with zero attached hydrogens (tertiary/aromatic N) is 1. The van der Waals surface area contributed by atoms with Crippen molar-refractivity contribution in [1.29, 1.82) is 0 Å². The van der Waals surface area contributed by atoms with Crippen LogP contribution in [0.2, 0.25) is 0 Å². The maximum absolute atomic E-state index is 14.5. The molecule has 182 valence electrons. The van der Waals surface area contributed by atoms with Crippen LogP contribution < -0.4 is 10.3 Å². The first-order chi connectivity index (χ1) is 15.8. The summed E-state index contributed by atoms with van der Waals surface area (Å²) >= 11 is 0. The summed E-state index contributed by atoms with van der Waals surface area (Å²) in [4.78, 5) is 17.7. The van der Waals surface area contributed by atoms with Gasteiger partial charge in [0.15, 0.2) is 17.2 Å². The van der Waals surface area contributed by atoms with Crippen molar-refractivity contribution in [1.82, 2.24) is 4.98 Å². The van der Waals surface area contributed by atoms with Crippen LogP contribution in [0.4, 0.5) is 27.6 Å². The number of hydrogen-bond donors (Lipinski definition) is 2. The number of aromatic nitrogens is 1. The number of aliphatic imine (C=N–C) groups is 1. The Morgan fingerprint density at radius 3 is 2.41 bits per heavy atom. The lowest BCUT2D eigenvalue weighted by Crippen LogP contribution is -2.53. The summed E-state index contributed by atoms with van der Waals surface area (Å²) in [7, 11) is 1.20. The van der Waals surface area contributed by atoms with Gasteiger partial charge in [0.25, 0.3) is 0 Å². The van der Waals surface area contributed by atoms with Gasteiger partial charge in [-0.05, 0) is 30.5 Å². The maximum atomic E-state index is 14.5.